The molecule has 0 aliphatic carbocycles. The summed E-state index contributed by atoms with van der Waals surface area (Å²) in [5, 5.41) is 0.117. The first-order valence-electron chi connectivity index (χ1n) is 6.52. The van der Waals surface area contributed by atoms with E-state index in [9.17, 15) is 14.4 Å². The third-order valence-corrected chi connectivity index (χ3v) is 4.31. The second-order valence-corrected chi connectivity index (χ2v) is 6.12. The summed E-state index contributed by atoms with van der Waals surface area (Å²) in [7, 11) is 2.74. The molecule has 0 aromatic carbocycles. The number of Topliss-reactive ketones (excluding diaryl/α,β-unsaturated/α-hetero) is 1. The number of carbonyl (C=O) groups excluding carboxylic acids is 1. The Kier molecular flexibility index (Phi) is 4.51. The van der Waals surface area contributed by atoms with Crippen LogP contribution in [0.4, 0.5) is 5.82 Å². The fraction of sp³-hybridized carbons (Fsp3) is 0.286. The summed E-state index contributed by atoms with van der Waals surface area (Å²) in [5.41, 5.74) is 4.38. The molecule has 2 N–H and O–H groups in total. The van der Waals surface area contributed by atoms with Crippen LogP contribution in [0.5, 0.6) is 0 Å². The molecule has 0 radical (unpaired) electrons. The molecule has 0 fully saturated rings. The van der Waals surface area contributed by atoms with Gasteiger partial charge in [0.25, 0.3) is 5.56 Å². The number of hydrogen-bond donors (Lipinski definition) is 1. The number of pyridine rings is 1. The van der Waals surface area contributed by atoms with E-state index in [1.54, 1.807) is 25.3 Å². The standard InChI is InChI=1S/C14H16N4O3S/c1-8(22-9-6-4-5-7-16-9)11(19)10-12(15)17(2)14(21)18(3)13(10)20/h4-8H,15H2,1-3H3. The minimum absolute atomic E-state index is 0.119. The van der Waals surface area contributed by atoms with E-state index in [2.05, 4.69) is 4.98 Å². The maximum atomic E-state index is 12.5. The van der Waals surface area contributed by atoms with Gasteiger partial charge in [0.1, 0.15) is 11.4 Å². The van der Waals surface area contributed by atoms with Crippen molar-refractivity contribution in [3.05, 3.63) is 50.8 Å². The zero-order chi connectivity index (χ0) is 16.4. The molecule has 1 unspecified atom stereocenters. The van der Waals surface area contributed by atoms with Gasteiger partial charge in [-0.25, -0.2) is 9.78 Å². The molecule has 2 heterocycles. The van der Waals surface area contributed by atoms with Gasteiger partial charge in [-0.1, -0.05) is 17.8 Å². The molecule has 22 heavy (non-hydrogen) atoms. The van der Waals surface area contributed by atoms with Crippen LogP contribution in [0.1, 0.15) is 17.3 Å². The van der Waals surface area contributed by atoms with Crippen LogP contribution >= 0.6 is 11.8 Å². The molecule has 0 saturated heterocycles. The van der Waals surface area contributed by atoms with Gasteiger partial charge >= 0.3 is 5.69 Å². The number of nitrogens with two attached hydrogens (primary N) is 1. The summed E-state index contributed by atoms with van der Waals surface area (Å²) >= 11 is 1.23. The van der Waals surface area contributed by atoms with Gasteiger partial charge in [-0.2, -0.15) is 0 Å². The molecular weight excluding hydrogens is 304 g/mol. The van der Waals surface area contributed by atoms with E-state index in [4.69, 9.17) is 5.73 Å². The van der Waals surface area contributed by atoms with Crippen LogP contribution < -0.4 is 17.0 Å². The topological polar surface area (TPSA) is 100.0 Å². The van der Waals surface area contributed by atoms with Crippen molar-refractivity contribution in [2.75, 3.05) is 5.73 Å². The number of ketones is 1. The molecule has 0 bridgehead atoms. The number of anilines is 1. The summed E-state index contributed by atoms with van der Waals surface area (Å²) in [6, 6.07) is 5.36. The molecule has 2 rings (SSSR count). The second kappa shape index (κ2) is 6.18. The Hall–Kier alpha value is -2.35. The Balaban J connectivity index is 2.42. The van der Waals surface area contributed by atoms with Gasteiger partial charge in [0, 0.05) is 20.3 Å². The zero-order valence-electron chi connectivity index (χ0n) is 12.4. The molecule has 0 amide bonds. The third-order valence-electron chi connectivity index (χ3n) is 3.26. The molecule has 8 heteroatoms. The van der Waals surface area contributed by atoms with E-state index < -0.39 is 22.3 Å². The average Bonchev–Trinajstić information content (AvgIpc) is 2.52. The van der Waals surface area contributed by atoms with Crippen molar-refractivity contribution in [2.24, 2.45) is 14.1 Å². The monoisotopic (exact) mass is 320 g/mol. The van der Waals surface area contributed by atoms with Gasteiger partial charge in [-0.3, -0.25) is 18.7 Å². The highest BCUT2D eigenvalue weighted by atomic mass is 32.2. The summed E-state index contributed by atoms with van der Waals surface area (Å²) in [6.45, 7) is 1.67. The Bertz CT molecular complexity index is 826. The summed E-state index contributed by atoms with van der Waals surface area (Å²) in [5.74, 6) is -0.545. The lowest BCUT2D eigenvalue weighted by atomic mass is 10.1. The lowest BCUT2D eigenvalue weighted by Gasteiger charge is -2.14. The first-order valence-corrected chi connectivity index (χ1v) is 7.40. The first-order chi connectivity index (χ1) is 10.3. The molecule has 1 atom stereocenters. The van der Waals surface area contributed by atoms with Gasteiger partial charge in [-0.15, -0.1) is 0 Å². The van der Waals surface area contributed by atoms with Crippen molar-refractivity contribution >= 4 is 23.4 Å². The Morgan fingerprint density at radius 1 is 1.27 bits per heavy atom. The predicted molar refractivity (Wildman–Crippen MR) is 85.2 cm³/mol. The predicted octanol–water partition coefficient (Wildman–Crippen LogP) is 0.425. The molecule has 2 aromatic rings. The van der Waals surface area contributed by atoms with Gasteiger partial charge in [0.05, 0.1) is 10.3 Å². The maximum absolute atomic E-state index is 12.5. The highest BCUT2D eigenvalue weighted by molar-refractivity contribution is 8.00. The number of hydrogen-bond acceptors (Lipinski definition) is 6. The number of nitrogen functional groups attached to an aromatic ring is 1. The lowest BCUT2D eigenvalue weighted by Crippen LogP contribution is -2.42. The number of aromatic nitrogens is 3. The number of nitrogens with zero attached hydrogens (tertiary/aromatic N) is 3. The fourth-order valence-corrected chi connectivity index (χ4v) is 2.81. The molecule has 0 aliphatic heterocycles. The SMILES string of the molecule is CC(Sc1ccccn1)C(=O)c1c(N)n(C)c(=O)n(C)c1=O. The van der Waals surface area contributed by atoms with Gasteiger partial charge in [-0.05, 0) is 19.1 Å². The summed E-state index contributed by atoms with van der Waals surface area (Å²) in [6.07, 6.45) is 1.62. The van der Waals surface area contributed by atoms with Crippen molar-refractivity contribution in [1.29, 1.82) is 0 Å². The highest BCUT2D eigenvalue weighted by Gasteiger charge is 2.25. The van der Waals surface area contributed by atoms with Crippen LogP contribution in [0, 0.1) is 0 Å². The summed E-state index contributed by atoms with van der Waals surface area (Å²) < 4.78 is 1.97. The van der Waals surface area contributed by atoms with Gasteiger partial charge in [0.15, 0.2) is 5.78 Å². The molecular formula is C14H16N4O3S. The number of thioether (sulfide) groups is 1. The Labute approximate surface area is 130 Å². The second-order valence-electron chi connectivity index (χ2n) is 4.76. The molecule has 116 valence electrons. The molecule has 0 saturated carbocycles. The van der Waals surface area contributed by atoms with E-state index in [0.717, 1.165) is 9.13 Å². The highest BCUT2D eigenvalue weighted by Crippen LogP contribution is 2.23. The smallest absolute Gasteiger partial charge is 0.332 e. The van der Waals surface area contributed by atoms with Crippen LogP contribution in [0.15, 0.2) is 39.0 Å². The molecule has 0 aliphatic rings. The van der Waals surface area contributed by atoms with E-state index in [0.29, 0.717) is 5.03 Å². The van der Waals surface area contributed by atoms with Crippen molar-refractivity contribution < 1.29 is 4.79 Å². The summed E-state index contributed by atoms with van der Waals surface area (Å²) in [4.78, 5) is 40.6. The van der Waals surface area contributed by atoms with Crippen LogP contribution in [0.2, 0.25) is 0 Å². The lowest BCUT2D eigenvalue weighted by molar-refractivity contribution is 0.0992. The van der Waals surface area contributed by atoms with E-state index in [1.165, 1.54) is 25.9 Å². The normalized spacial score (nSPS) is 12.1. The first kappa shape index (κ1) is 16.0. The quantitative estimate of drug-likeness (QED) is 0.647. The average molecular weight is 320 g/mol. The minimum Gasteiger partial charge on any atom is -0.384 e. The molecule has 2 aromatic heterocycles. The van der Waals surface area contributed by atoms with E-state index in [-0.39, 0.29) is 11.4 Å². The van der Waals surface area contributed by atoms with Crippen LogP contribution in [-0.2, 0) is 14.1 Å². The van der Waals surface area contributed by atoms with Crippen molar-refractivity contribution in [3.63, 3.8) is 0 Å². The van der Waals surface area contributed by atoms with E-state index in [1.807, 2.05) is 6.07 Å². The van der Waals surface area contributed by atoms with Gasteiger partial charge in [0.2, 0.25) is 0 Å². The van der Waals surface area contributed by atoms with Crippen LogP contribution in [0.25, 0.3) is 0 Å². The van der Waals surface area contributed by atoms with Crippen LogP contribution in [-0.4, -0.2) is 25.2 Å². The van der Waals surface area contributed by atoms with Gasteiger partial charge < -0.3 is 5.73 Å². The minimum atomic E-state index is -0.681. The van der Waals surface area contributed by atoms with E-state index >= 15 is 0 Å². The van der Waals surface area contributed by atoms with Crippen LogP contribution in [0.3, 0.4) is 0 Å². The largest absolute Gasteiger partial charge is 0.384 e. The zero-order valence-corrected chi connectivity index (χ0v) is 13.3. The number of carbonyl (C=O) groups is 1. The van der Waals surface area contributed by atoms with Crippen molar-refractivity contribution in [2.45, 2.75) is 17.2 Å². The number of rotatable bonds is 4. The molecule has 0 spiro atoms. The van der Waals surface area contributed by atoms with Crippen molar-refractivity contribution in [1.82, 2.24) is 14.1 Å². The molecule has 7 nitrogen and oxygen atoms in total. The maximum Gasteiger partial charge on any atom is 0.332 e. The Morgan fingerprint density at radius 3 is 2.55 bits per heavy atom. The van der Waals surface area contributed by atoms with Crippen molar-refractivity contribution in [3.8, 4) is 0 Å². The fourth-order valence-electron chi connectivity index (χ4n) is 1.95. The third kappa shape index (κ3) is 2.82. The Morgan fingerprint density at radius 2 is 1.95 bits per heavy atom.